The van der Waals surface area contributed by atoms with Gasteiger partial charge >= 0.3 is 5.97 Å². The van der Waals surface area contributed by atoms with E-state index in [0.29, 0.717) is 13.1 Å². The lowest BCUT2D eigenvalue weighted by atomic mass is 10.2. The smallest absolute Gasteiger partial charge is 0.341 e. The van der Waals surface area contributed by atoms with Crippen LogP contribution in [-0.2, 0) is 14.8 Å². The van der Waals surface area contributed by atoms with E-state index in [1.54, 1.807) is 0 Å². The molecular weight excluding hydrogens is 322 g/mol. The SMILES string of the molecule is COC(=O)c1coc(S(=O)(=O)N2CCC(N3CCNCC3)C2)c1. The Morgan fingerprint density at radius 1 is 1.35 bits per heavy atom. The number of furan rings is 1. The quantitative estimate of drug-likeness (QED) is 0.753. The molecule has 0 spiro atoms. The largest absolute Gasteiger partial charge is 0.465 e. The molecule has 1 atom stereocenters. The van der Waals surface area contributed by atoms with Gasteiger partial charge in [0, 0.05) is 51.4 Å². The van der Waals surface area contributed by atoms with Gasteiger partial charge in [-0.15, -0.1) is 0 Å². The van der Waals surface area contributed by atoms with Crippen LogP contribution in [0.1, 0.15) is 16.8 Å². The molecule has 23 heavy (non-hydrogen) atoms. The number of nitrogens with one attached hydrogen (secondary N) is 1. The van der Waals surface area contributed by atoms with E-state index in [1.165, 1.54) is 17.5 Å². The molecule has 2 fully saturated rings. The Morgan fingerprint density at radius 3 is 2.78 bits per heavy atom. The van der Waals surface area contributed by atoms with Crippen molar-refractivity contribution in [2.75, 3.05) is 46.4 Å². The molecule has 2 aliphatic rings. The third-order valence-corrected chi connectivity index (χ3v) is 6.12. The average molecular weight is 343 g/mol. The maximum absolute atomic E-state index is 12.6. The van der Waals surface area contributed by atoms with Crippen molar-refractivity contribution in [1.29, 1.82) is 0 Å². The zero-order valence-corrected chi connectivity index (χ0v) is 13.8. The number of carbonyl (C=O) groups excluding carboxylic acids is 1. The number of rotatable bonds is 4. The third-order valence-electron chi connectivity index (χ3n) is 4.38. The highest BCUT2D eigenvalue weighted by Gasteiger charge is 2.37. The van der Waals surface area contributed by atoms with Crippen LogP contribution < -0.4 is 5.32 Å². The van der Waals surface area contributed by atoms with Crippen LogP contribution in [0.4, 0.5) is 0 Å². The number of nitrogens with zero attached hydrogens (tertiary/aromatic N) is 2. The van der Waals surface area contributed by atoms with Crippen molar-refractivity contribution in [1.82, 2.24) is 14.5 Å². The zero-order chi connectivity index (χ0) is 16.4. The van der Waals surface area contributed by atoms with Crippen molar-refractivity contribution in [2.45, 2.75) is 17.6 Å². The molecule has 0 amide bonds. The molecule has 1 unspecified atom stereocenters. The molecule has 1 aromatic heterocycles. The Balaban J connectivity index is 1.70. The Kier molecular flexibility index (Phi) is 4.72. The van der Waals surface area contributed by atoms with E-state index in [4.69, 9.17) is 4.42 Å². The number of ether oxygens (including phenoxy) is 1. The molecule has 0 radical (unpaired) electrons. The minimum Gasteiger partial charge on any atom is -0.465 e. The normalized spacial score (nSPS) is 24.0. The molecule has 2 saturated heterocycles. The Hall–Kier alpha value is -1.42. The second kappa shape index (κ2) is 6.60. The van der Waals surface area contributed by atoms with Crippen LogP contribution in [0.25, 0.3) is 0 Å². The van der Waals surface area contributed by atoms with Gasteiger partial charge in [-0.1, -0.05) is 0 Å². The maximum atomic E-state index is 12.6. The molecule has 0 bridgehead atoms. The highest BCUT2D eigenvalue weighted by molar-refractivity contribution is 7.89. The lowest BCUT2D eigenvalue weighted by Crippen LogP contribution is -2.49. The molecule has 1 aromatic rings. The standard InChI is InChI=1S/C14H21N3O5S/c1-21-14(18)11-8-13(22-10-11)23(19,20)17-5-2-12(9-17)16-6-3-15-4-7-16/h8,10,12,15H,2-7,9H2,1H3. The predicted octanol–water partition coefficient (Wildman–Crippen LogP) is -0.266. The summed E-state index contributed by atoms with van der Waals surface area (Å²) in [4.78, 5) is 13.8. The van der Waals surface area contributed by atoms with Crippen LogP contribution in [0.3, 0.4) is 0 Å². The van der Waals surface area contributed by atoms with Gasteiger partial charge in [0.1, 0.15) is 6.26 Å². The number of methoxy groups -OCH3 is 1. The fraction of sp³-hybridized carbons (Fsp3) is 0.643. The van der Waals surface area contributed by atoms with Gasteiger partial charge < -0.3 is 14.5 Å². The summed E-state index contributed by atoms with van der Waals surface area (Å²) in [6.07, 6.45) is 1.92. The van der Waals surface area contributed by atoms with E-state index in [-0.39, 0.29) is 16.7 Å². The molecule has 0 saturated carbocycles. The van der Waals surface area contributed by atoms with Crippen LogP contribution in [0, 0.1) is 0 Å². The molecule has 0 aliphatic carbocycles. The monoisotopic (exact) mass is 343 g/mol. The zero-order valence-electron chi connectivity index (χ0n) is 13.0. The van der Waals surface area contributed by atoms with Gasteiger partial charge in [-0.2, -0.15) is 4.31 Å². The second-order valence-electron chi connectivity index (χ2n) is 5.74. The molecule has 3 rings (SSSR count). The average Bonchev–Trinajstić information content (AvgIpc) is 3.25. The fourth-order valence-corrected chi connectivity index (χ4v) is 4.49. The summed E-state index contributed by atoms with van der Waals surface area (Å²) < 4.78 is 36.4. The van der Waals surface area contributed by atoms with Gasteiger partial charge in [-0.25, -0.2) is 13.2 Å². The van der Waals surface area contributed by atoms with E-state index < -0.39 is 16.0 Å². The minimum absolute atomic E-state index is 0.101. The first-order chi connectivity index (χ1) is 11.0. The number of carbonyl (C=O) groups is 1. The number of esters is 1. The van der Waals surface area contributed by atoms with Gasteiger partial charge in [0.15, 0.2) is 0 Å². The van der Waals surface area contributed by atoms with E-state index in [1.807, 2.05) is 0 Å². The fourth-order valence-electron chi connectivity index (χ4n) is 3.08. The van der Waals surface area contributed by atoms with Gasteiger partial charge in [0.25, 0.3) is 10.0 Å². The van der Waals surface area contributed by atoms with Gasteiger partial charge in [0.05, 0.1) is 12.7 Å². The molecule has 3 heterocycles. The van der Waals surface area contributed by atoms with Crippen molar-refractivity contribution in [3.8, 4) is 0 Å². The van der Waals surface area contributed by atoms with Crippen LogP contribution in [-0.4, -0.2) is 76.0 Å². The molecule has 0 aromatic carbocycles. The predicted molar refractivity (Wildman–Crippen MR) is 81.7 cm³/mol. The minimum atomic E-state index is -3.71. The number of hydrogen-bond donors (Lipinski definition) is 1. The Morgan fingerprint density at radius 2 is 2.09 bits per heavy atom. The summed E-state index contributed by atoms with van der Waals surface area (Å²) in [5, 5.41) is 3.08. The first kappa shape index (κ1) is 16.4. The van der Waals surface area contributed by atoms with Gasteiger partial charge in [-0.05, 0) is 6.42 Å². The summed E-state index contributed by atoms with van der Waals surface area (Å²) in [5.41, 5.74) is 0.101. The summed E-state index contributed by atoms with van der Waals surface area (Å²) in [6.45, 7) is 4.66. The van der Waals surface area contributed by atoms with Crippen molar-refractivity contribution < 1.29 is 22.4 Å². The Labute approximate surface area is 135 Å². The lowest BCUT2D eigenvalue weighted by molar-refractivity contribution is 0.0600. The van der Waals surface area contributed by atoms with Crippen molar-refractivity contribution >= 4 is 16.0 Å². The summed E-state index contributed by atoms with van der Waals surface area (Å²) >= 11 is 0. The van der Waals surface area contributed by atoms with Crippen LogP contribution in [0.5, 0.6) is 0 Å². The van der Waals surface area contributed by atoms with Crippen LogP contribution in [0.2, 0.25) is 0 Å². The van der Waals surface area contributed by atoms with Crippen LogP contribution >= 0.6 is 0 Å². The lowest BCUT2D eigenvalue weighted by Gasteiger charge is -2.32. The highest BCUT2D eigenvalue weighted by Crippen LogP contribution is 2.25. The van der Waals surface area contributed by atoms with Crippen molar-refractivity contribution in [3.05, 3.63) is 17.9 Å². The summed E-state index contributed by atoms with van der Waals surface area (Å²) in [6, 6.07) is 1.46. The summed E-state index contributed by atoms with van der Waals surface area (Å²) in [5.74, 6) is -0.615. The molecule has 8 nitrogen and oxygen atoms in total. The van der Waals surface area contributed by atoms with E-state index in [2.05, 4.69) is 15.0 Å². The summed E-state index contributed by atoms with van der Waals surface area (Å²) in [7, 11) is -2.48. The molecule has 9 heteroatoms. The first-order valence-corrected chi connectivity index (χ1v) is 9.08. The maximum Gasteiger partial charge on any atom is 0.341 e. The van der Waals surface area contributed by atoms with Crippen LogP contribution in [0.15, 0.2) is 21.8 Å². The number of piperazine rings is 1. The Bertz CT molecular complexity index is 666. The molecule has 128 valence electrons. The van der Waals surface area contributed by atoms with Gasteiger partial charge in [-0.3, -0.25) is 4.90 Å². The molecule has 2 aliphatic heterocycles. The molecular formula is C14H21N3O5S. The van der Waals surface area contributed by atoms with E-state index >= 15 is 0 Å². The van der Waals surface area contributed by atoms with Crippen molar-refractivity contribution in [3.63, 3.8) is 0 Å². The highest BCUT2D eigenvalue weighted by atomic mass is 32.2. The van der Waals surface area contributed by atoms with E-state index in [9.17, 15) is 13.2 Å². The van der Waals surface area contributed by atoms with Gasteiger partial charge in [0.2, 0.25) is 5.09 Å². The molecule has 1 N–H and O–H groups in total. The third kappa shape index (κ3) is 3.27. The second-order valence-corrected chi connectivity index (χ2v) is 7.61. The van der Waals surface area contributed by atoms with E-state index in [0.717, 1.165) is 38.9 Å². The number of sulfonamides is 1. The van der Waals surface area contributed by atoms with Crippen molar-refractivity contribution in [2.24, 2.45) is 0 Å². The topological polar surface area (TPSA) is 92.1 Å². The number of hydrogen-bond acceptors (Lipinski definition) is 7. The first-order valence-electron chi connectivity index (χ1n) is 7.64.